The molecule has 1 saturated carbocycles. The van der Waals surface area contributed by atoms with Gasteiger partial charge in [-0.2, -0.15) is 4.98 Å². The van der Waals surface area contributed by atoms with Gasteiger partial charge in [0.25, 0.3) is 5.91 Å². The number of aliphatic hydroxyl groups is 1. The first-order valence-electron chi connectivity index (χ1n) is 8.85. The topological polar surface area (TPSA) is 88.2 Å². The van der Waals surface area contributed by atoms with Crippen molar-refractivity contribution < 1.29 is 14.4 Å². The van der Waals surface area contributed by atoms with Crippen molar-refractivity contribution in [1.29, 1.82) is 0 Å². The summed E-state index contributed by atoms with van der Waals surface area (Å²) in [6.07, 6.45) is 3.04. The van der Waals surface area contributed by atoms with Crippen LogP contribution in [0, 0.1) is 5.92 Å². The maximum atomic E-state index is 12.4. The van der Waals surface area contributed by atoms with Crippen LogP contribution in [0.5, 0.6) is 0 Å². The monoisotopic (exact) mass is 343 g/mol. The predicted molar refractivity (Wildman–Crippen MR) is 94.1 cm³/mol. The summed E-state index contributed by atoms with van der Waals surface area (Å²) in [6.45, 7) is 5.95. The second kappa shape index (κ2) is 6.96. The first kappa shape index (κ1) is 17.6. The Hall–Kier alpha value is -2.21. The van der Waals surface area contributed by atoms with Crippen LogP contribution in [0.1, 0.15) is 62.2 Å². The van der Waals surface area contributed by atoms with Crippen LogP contribution in [0.2, 0.25) is 0 Å². The average Bonchev–Trinajstić information content (AvgIpc) is 3.36. The van der Waals surface area contributed by atoms with Gasteiger partial charge in [-0.3, -0.25) is 4.79 Å². The Kier molecular flexibility index (Phi) is 4.90. The van der Waals surface area contributed by atoms with Crippen LogP contribution in [-0.4, -0.2) is 33.3 Å². The van der Waals surface area contributed by atoms with E-state index < -0.39 is 5.60 Å². The molecule has 1 aromatic heterocycles. The van der Waals surface area contributed by atoms with E-state index in [0.717, 1.165) is 24.8 Å². The van der Waals surface area contributed by atoms with Crippen molar-refractivity contribution in [3.8, 4) is 11.4 Å². The fourth-order valence-corrected chi connectivity index (χ4v) is 2.62. The maximum Gasteiger partial charge on any atom is 0.251 e. The Bertz CT molecular complexity index is 750. The molecule has 6 heteroatoms. The van der Waals surface area contributed by atoms with E-state index in [1.54, 1.807) is 25.1 Å². The highest BCUT2D eigenvalue weighted by molar-refractivity contribution is 5.95. The van der Waals surface area contributed by atoms with Gasteiger partial charge in [0.15, 0.2) is 0 Å². The molecule has 0 bridgehead atoms. The lowest BCUT2D eigenvalue weighted by Crippen LogP contribution is -2.45. The van der Waals surface area contributed by atoms with Crippen LogP contribution in [0.25, 0.3) is 11.4 Å². The fraction of sp³-hybridized carbons (Fsp3) is 0.526. The molecular weight excluding hydrogens is 318 g/mol. The fourth-order valence-electron chi connectivity index (χ4n) is 2.62. The Labute approximate surface area is 147 Å². The first-order chi connectivity index (χ1) is 11.9. The lowest BCUT2D eigenvalue weighted by Gasteiger charge is -2.29. The highest BCUT2D eigenvalue weighted by atomic mass is 16.5. The van der Waals surface area contributed by atoms with E-state index in [1.807, 2.05) is 19.9 Å². The number of amides is 1. The predicted octanol–water partition coefficient (Wildman–Crippen LogP) is 3.14. The number of aromatic nitrogens is 2. The zero-order valence-corrected chi connectivity index (χ0v) is 15.0. The molecule has 6 nitrogen and oxygen atoms in total. The van der Waals surface area contributed by atoms with Crippen LogP contribution < -0.4 is 5.32 Å². The van der Waals surface area contributed by atoms with Crippen LogP contribution in [-0.2, 0) is 0 Å². The zero-order valence-electron chi connectivity index (χ0n) is 15.0. The third-order valence-electron chi connectivity index (χ3n) is 5.03. The van der Waals surface area contributed by atoms with Crippen LogP contribution in [0.4, 0.5) is 0 Å². The van der Waals surface area contributed by atoms with Gasteiger partial charge in [0.05, 0.1) is 5.60 Å². The van der Waals surface area contributed by atoms with Crippen molar-refractivity contribution in [3.05, 3.63) is 35.7 Å². The SMILES string of the molecule is CCC(C)C(C)(O)CNC(=O)c1cccc(-c2noc(C3CC3)n2)c1. The lowest BCUT2D eigenvalue weighted by molar-refractivity contribution is 0.00593. The van der Waals surface area contributed by atoms with Crippen LogP contribution in [0.15, 0.2) is 28.8 Å². The molecule has 0 aliphatic heterocycles. The van der Waals surface area contributed by atoms with E-state index in [2.05, 4.69) is 15.5 Å². The summed E-state index contributed by atoms with van der Waals surface area (Å²) in [5.41, 5.74) is 0.321. The molecule has 0 saturated heterocycles. The number of nitrogens with one attached hydrogen (secondary N) is 1. The molecule has 2 atom stereocenters. The third kappa shape index (κ3) is 4.07. The highest BCUT2D eigenvalue weighted by Gasteiger charge is 2.30. The Morgan fingerprint density at radius 1 is 1.48 bits per heavy atom. The van der Waals surface area contributed by atoms with Gasteiger partial charge in [-0.25, -0.2) is 0 Å². The maximum absolute atomic E-state index is 12.4. The largest absolute Gasteiger partial charge is 0.388 e. The van der Waals surface area contributed by atoms with Gasteiger partial charge in [-0.15, -0.1) is 0 Å². The molecule has 0 radical (unpaired) electrons. The van der Waals surface area contributed by atoms with E-state index in [0.29, 0.717) is 23.2 Å². The molecule has 2 aromatic rings. The van der Waals surface area contributed by atoms with Crippen molar-refractivity contribution in [2.24, 2.45) is 5.92 Å². The zero-order chi connectivity index (χ0) is 18.0. The summed E-state index contributed by atoms with van der Waals surface area (Å²) in [4.78, 5) is 16.8. The smallest absolute Gasteiger partial charge is 0.251 e. The molecule has 1 aliphatic rings. The van der Waals surface area contributed by atoms with E-state index in [-0.39, 0.29) is 18.4 Å². The molecule has 1 aliphatic carbocycles. The number of nitrogens with zero attached hydrogens (tertiary/aromatic N) is 2. The van der Waals surface area contributed by atoms with Crippen molar-refractivity contribution in [2.45, 2.75) is 51.6 Å². The van der Waals surface area contributed by atoms with E-state index >= 15 is 0 Å². The van der Waals surface area contributed by atoms with Gasteiger partial charge in [0, 0.05) is 23.6 Å². The number of carbonyl (C=O) groups excluding carboxylic acids is 1. The quantitative estimate of drug-likeness (QED) is 0.806. The van der Waals surface area contributed by atoms with Crippen molar-refractivity contribution in [2.75, 3.05) is 6.54 Å². The Balaban J connectivity index is 1.69. The number of rotatable bonds is 7. The molecule has 0 spiro atoms. The lowest BCUT2D eigenvalue weighted by atomic mass is 9.88. The molecule has 1 amide bonds. The van der Waals surface area contributed by atoms with Gasteiger partial charge in [-0.05, 0) is 37.8 Å². The third-order valence-corrected chi connectivity index (χ3v) is 5.03. The summed E-state index contributed by atoms with van der Waals surface area (Å²) < 4.78 is 5.28. The number of hydrogen-bond donors (Lipinski definition) is 2. The average molecular weight is 343 g/mol. The minimum atomic E-state index is -0.936. The van der Waals surface area contributed by atoms with Gasteiger partial charge in [0.2, 0.25) is 11.7 Å². The van der Waals surface area contributed by atoms with Gasteiger partial charge >= 0.3 is 0 Å². The summed E-state index contributed by atoms with van der Waals surface area (Å²) in [5, 5.41) is 17.2. The second-order valence-corrected chi connectivity index (χ2v) is 7.16. The van der Waals surface area contributed by atoms with Gasteiger partial charge in [-0.1, -0.05) is 37.6 Å². The molecule has 1 aromatic carbocycles. The summed E-state index contributed by atoms with van der Waals surface area (Å²) in [6, 6.07) is 7.13. The highest BCUT2D eigenvalue weighted by Crippen LogP contribution is 2.39. The molecular formula is C19H25N3O3. The van der Waals surface area contributed by atoms with Gasteiger partial charge < -0.3 is 14.9 Å². The number of hydrogen-bond acceptors (Lipinski definition) is 5. The Morgan fingerprint density at radius 2 is 2.24 bits per heavy atom. The molecule has 2 N–H and O–H groups in total. The van der Waals surface area contributed by atoms with Crippen molar-refractivity contribution in [1.82, 2.24) is 15.5 Å². The summed E-state index contributed by atoms with van der Waals surface area (Å²) in [5.74, 6) is 1.45. The first-order valence-corrected chi connectivity index (χ1v) is 8.85. The molecule has 1 heterocycles. The normalized spacial score (nSPS) is 17.8. The molecule has 3 rings (SSSR count). The molecule has 2 unspecified atom stereocenters. The molecule has 25 heavy (non-hydrogen) atoms. The van der Waals surface area contributed by atoms with E-state index in [1.165, 1.54) is 0 Å². The van der Waals surface area contributed by atoms with Crippen LogP contribution >= 0.6 is 0 Å². The van der Waals surface area contributed by atoms with Crippen molar-refractivity contribution in [3.63, 3.8) is 0 Å². The molecule has 134 valence electrons. The van der Waals surface area contributed by atoms with E-state index in [4.69, 9.17) is 4.52 Å². The number of benzene rings is 1. The Morgan fingerprint density at radius 3 is 2.92 bits per heavy atom. The summed E-state index contributed by atoms with van der Waals surface area (Å²) in [7, 11) is 0. The second-order valence-electron chi connectivity index (χ2n) is 7.16. The van der Waals surface area contributed by atoms with Crippen LogP contribution in [0.3, 0.4) is 0 Å². The minimum absolute atomic E-state index is 0.0966. The standard InChI is InChI=1S/C19H25N3O3/c1-4-12(2)19(3,24)11-20-17(23)15-7-5-6-14(10-15)16-21-18(25-22-16)13-8-9-13/h5-7,10,12-13,24H,4,8-9,11H2,1-3H3,(H,20,23). The van der Waals surface area contributed by atoms with Crippen molar-refractivity contribution >= 4 is 5.91 Å². The summed E-state index contributed by atoms with van der Waals surface area (Å²) >= 11 is 0. The van der Waals surface area contributed by atoms with E-state index in [9.17, 15) is 9.90 Å². The minimum Gasteiger partial charge on any atom is -0.388 e. The number of carbonyl (C=O) groups is 1. The van der Waals surface area contributed by atoms with Gasteiger partial charge in [0.1, 0.15) is 0 Å². The molecule has 1 fully saturated rings.